The van der Waals surface area contributed by atoms with Crippen molar-refractivity contribution < 1.29 is 14.6 Å². The van der Waals surface area contributed by atoms with Crippen LogP contribution in [0.4, 0.5) is 0 Å². The summed E-state index contributed by atoms with van der Waals surface area (Å²) in [7, 11) is 0. The maximum atomic E-state index is 12.7. The van der Waals surface area contributed by atoms with Gasteiger partial charge in [0.05, 0.1) is 26.2 Å². The lowest BCUT2D eigenvalue weighted by Crippen LogP contribution is -3.41. The van der Waals surface area contributed by atoms with Gasteiger partial charge in [-0.1, -0.05) is 13.8 Å². The van der Waals surface area contributed by atoms with Gasteiger partial charge in [-0.25, -0.2) is 0 Å². The monoisotopic (exact) mass is 210 g/mol. The predicted molar refractivity (Wildman–Crippen MR) is 56.7 cm³/mol. The summed E-state index contributed by atoms with van der Waals surface area (Å²) in [6.07, 6.45) is 2.11. The Kier molecular flexibility index (Phi) is 1.85. The molecule has 0 aromatic carbocycles. The van der Waals surface area contributed by atoms with Crippen LogP contribution in [0.2, 0.25) is 0 Å². The minimum Gasteiger partial charge on any atom is -0.297 e. The number of ketones is 1. The van der Waals surface area contributed by atoms with E-state index in [2.05, 4.69) is 13.8 Å². The van der Waals surface area contributed by atoms with Crippen molar-refractivity contribution in [3.8, 4) is 0 Å². The van der Waals surface area contributed by atoms with E-state index >= 15 is 0 Å². The van der Waals surface area contributed by atoms with Crippen LogP contribution < -0.4 is 9.80 Å². The maximum Gasteiger partial charge on any atom is 0.204 e. The first-order chi connectivity index (χ1) is 7.14. The van der Waals surface area contributed by atoms with E-state index in [9.17, 15) is 4.79 Å². The number of nitrogens with one attached hydrogen (secondary N) is 2. The smallest absolute Gasteiger partial charge is 0.204 e. The zero-order valence-corrected chi connectivity index (χ0v) is 9.86. The van der Waals surface area contributed by atoms with E-state index in [1.165, 1.54) is 6.67 Å². The molecule has 4 aliphatic rings. The number of carbonyl (C=O) groups excluding carboxylic acids is 1. The fourth-order valence-corrected chi connectivity index (χ4v) is 4.47. The molecule has 0 amide bonds. The van der Waals surface area contributed by atoms with Crippen molar-refractivity contribution in [2.24, 2.45) is 10.8 Å². The fraction of sp³-hybridized carbons (Fsp3) is 0.917. The molecule has 0 aromatic rings. The van der Waals surface area contributed by atoms with Crippen LogP contribution in [0.5, 0.6) is 0 Å². The number of hydrogen-bond acceptors (Lipinski definition) is 1. The van der Waals surface area contributed by atoms with Gasteiger partial charge in [-0.3, -0.25) is 14.6 Å². The van der Waals surface area contributed by atoms with Crippen molar-refractivity contribution in [2.45, 2.75) is 26.7 Å². The van der Waals surface area contributed by atoms with Gasteiger partial charge in [0.2, 0.25) is 6.67 Å². The third kappa shape index (κ3) is 1.06. The molecule has 0 atom stereocenters. The Morgan fingerprint density at radius 3 is 1.73 bits per heavy atom. The second-order valence-corrected chi connectivity index (χ2v) is 5.98. The molecular formula is C12H22N2O+2. The molecule has 4 fully saturated rings. The summed E-state index contributed by atoms with van der Waals surface area (Å²) in [6.45, 7) is 10.1. The van der Waals surface area contributed by atoms with E-state index in [0.29, 0.717) is 5.78 Å². The molecule has 0 aromatic heterocycles. The quantitative estimate of drug-likeness (QED) is 0.548. The first-order valence-electron chi connectivity index (χ1n) is 6.36. The van der Waals surface area contributed by atoms with Gasteiger partial charge in [-0.05, 0) is 12.8 Å². The number of piperidine rings is 2. The number of Topliss-reactive ketones (excluding diaryl/α,β-unsaturated/α-hetero) is 1. The molecule has 4 rings (SSSR count). The maximum absolute atomic E-state index is 12.7. The van der Waals surface area contributed by atoms with Gasteiger partial charge < -0.3 is 0 Å². The number of rotatable bonds is 2. The van der Waals surface area contributed by atoms with Crippen LogP contribution in [0, 0.1) is 10.8 Å². The highest BCUT2D eigenvalue weighted by molar-refractivity contribution is 5.92. The summed E-state index contributed by atoms with van der Waals surface area (Å²) >= 11 is 0. The second kappa shape index (κ2) is 2.83. The van der Waals surface area contributed by atoms with Crippen molar-refractivity contribution in [1.82, 2.24) is 0 Å². The molecule has 15 heavy (non-hydrogen) atoms. The van der Waals surface area contributed by atoms with Gasteiger partial charge in [0.1, 0.15) is 10.8 Å². The predicted octanol–water partition coefficient (Wildman–Crippen LogP) is -1.88. The minimum atomic E-state index is 0.0510. The highest BCUT2D eigenvalue weighted by atomic mass is 16.1. The lowest BCUT2D eigenvalue weighted by atomic mass is 9.59. The van der Waals surface area contributed by atoms with Crippen LogP contribution in [0.3, 0.4) is 0 Å². The zero-order valence-electron chi connectivity index (χ0n) is 9.86. The molecule has 4 bridgehead atoms. The van der Waals surface area contributed by atoms with Crippen LogP contribution >= 0.6 is 0 Å². The normalized spacial score (nSPS) is 52.5. The lowest BCUT2D eigenvalue weighted by Gasteiger charge is -2.57. The molecule has 3 heteroatoms. The highest BCUT2D eigenvalue weighted by Crippen LogP contribution is 2.38. The largest absolute Gasteiger partial charge is 0.297 e. The summed E-state index contributed by atoms with van der Waals surface area (Å²) in [5, 5.41) is 0. The van der Waals surface area contributed by atoms with Crippen molar-refractivity contribution >= 4 is 5.78 Å². The van der Waals surface area contributed by atoms with Crippen molar-refractivity contribution in [2.75, 3.05) is 32.8 Å². The molecule has 0 unspecified atom stereocenters. The molecule has 0 saturated carbocycles. The van der Waals surface area contributed by atoms with Gasteiger partial charge in [0.25, 0.3) is 0 Å². The van der Waals surface area contributed by atoms with Gasteiger partial charge in [0.15, 0.2) is 5.78 Å². The SMILES string of the molecule is CCC12C[NH+]3C[NH+](C1)CC(CC)(C3)C2=O. The van der Waals surface area contributed by atoms with Gasteiger partial charge in [-0.2, -0.15) is 0 Å². The Morgan fingerprint density at radius 2 is 1.40 bits per heavy atom. The Labute approximate surface area is 91.4 Å². The minimum absolute atomic E-state index is 0.0510. The molecule has 2 N–H and O–H groups in total. The lowest BCUT2D eigenvalue weighted by molar-refractivity contribution is -1.14. The van der Waals surface area contributed by atoms with Crippen LogP contribution in [-0.4, -0.2) is 38.6 Å². The molecular weight excluding hydrogens is 188 g/mol. The third-order valence-electron chi connectivity index (χ3n) is 5.17. The molecule has 84 valence electrons. The Balaban J connectivity index is 2.05. The highest BCUT2D eigenvalue weighted by Gasteiger charge is 2.67. The van der Waals surface area contributed by atoms with Crippen LogP contribution in [0.15, 0.2) is 0 Å². The number of hydrogen-bond donors (Lipinski definition) is 2. The van der Waals surface area contributed by atoms with Crippen LogP contribution in [-0.2, 0) is 4.79 Å². The molecule has 0 spiro atoms. The van der Waals surface area contributed by atoms with E-state index < -0.39 is 0 Å². The molecule has 4 heterocycles. The van der Waals surface area contributed by atoms with Gasteiger partial charge in [0, 0.05) is 0 Å². The fourth-order valence-electron chi connectivity index (χ4n) is 4.47. The van der Waals surface area contributed by atoms with E-state index in [4.69, 9.17) is 0 Å². The molecule has 0 radical (unpaired) electrons. The van der Waals surface area contributed by atoms with E-state index in [1.54, 1.807) is 9.80 Å². The summed E-state index contributed by atoms with van der Waals surface area (Å²) in [6, 6.07) is 0. The summed E-state index contributed by atoms with van der Waals surface area (Å²) in [4.78, 5) is 16.0. The Bertz CT molecular complexity index is 273. The standard InChI is InChI=1S/C12H20N2O/c1-3-11-5-13-7-12(4-2,10(11)15)8-14(6-11)9-13/h3-9H2,1-2H3/p+2. The summed E-state index contributed by atoms with van der Waals surface area (Å²) in [5.41, 5.74) is 0.102. The first-order valence-corrected chi connectivity index (χ1v) is 6.36. The zero-order chi connectivity index (χ0) is 10.7. The van der Waals surface area contributed by atoms with Crippen molar-refractivity contribution in [3.63, 3.8) is 0 Å². The summed E-state index contributed by atoms with van der Waals surface area (Å²) < 4.78 is 0. The van der Waals surface area contributed by atoms with Gasteiger partial charge in [-0.15, -0.1) is 0 Å². The van der Waals surface area contributed by atoms with E-state index in [0.717, 1.165) is 39.0 Å². The van der Waals surface area contributed by atoms with Crippen molar-refractivity contribution in [3.05, 3.63) is 0 Å². The number of carbonyl (C=O) groups is 1. The molecule has 4 aliphatic heterocycles. The molecule has 3 nitrogen and oxygen atoms in total. The first kappa shape index (κ1) is 9.79. The van der Waals surface area contributed by atoms with E-state index in [-0.39, 0.29) is 10.8 Å². The second-order valence-electron chi connectivity index (χ2n) is 5.98. The van der Waals surface area contributed by atoms with Crippen molar-refractivity contribution in [1.29, 1.82) is 0 Å². The summed E-state index contributed by atoms with van der Waals surface area (Å²) in [5.74, 6) is 0.618. The molecule has 4 saturated heterocycles. The molecule has 0 aliphatic carbocycles. The average Bonchev–Trinajstić information content (AvgIpc) is 2.24. The average molecular weight is 210 g/mol. The van der Waals surface area contributed by atoms with Crippen LogP contribution in [0.1, 0.15) is 26.7 Å². The number of quaternary nitrogens is 2. The Hall–Kier alpha value is -0.410. The Morgan fingerprint density at radius 1 is 1.00 bits per heavy atom. The van der Waals surface area contributed by atoms with Crippen LogP contribution in [0.25, 0.3) is 0 Å². The van der Waals surface area contributed by atoms with E-state index in [1.807, 2.05) is 0 Å². The third-order valence-corrected chi connectivity index (χ3v) is 5.17. The van der Waals surface area contributed by atoms with Gasteiger partial charge >= 0.3 is 0 Å². The topological polar surface area (TPSA) is 26.0 Å².